The van der Waals surface area contributed by atoms with Crippen LogP contribution in [-0.2, 0) is 10.9 Å². The number of alkyl halides is 3. The van der Waals surface area contributed by atoms with Crippen LogP contribution in [0.5, 0.6) is 0 Å². The number of nitrogen functional groups attached to an aromatic ring is 1. The molecule has 1 aliphatic rings. The molecule has 2 aromatic carbocycles. The average molecular weight is 496 g/mol. The highest BCUT2D eigenvalue weighted by Gasteiger charge is 2.33. The van der Waals surface area contributed by atoms with Crippen LogP contribution in [0.4, 0.5) is 30.5 Å². The zero-order valence-electron chi connectivity index (χ0n) is 19.7. The van der Waals surface area contributed by atoms with Gasteiger partial charge in [0, 0.05) is 37.2 Å². The summed E-state index contributed by atoms with van der Waals surface area (Å²) in [6.45, 7) is 2.44. The average Bonchev–Trinajstić information content (AvgIpc) is 3.32. The maximum absolute atomic E-state index is 13.4. The number of nitrogens with one attached hydrogen (secondary N) is 1. The molecule has 1 fully saturated rings. The van der Waals surface area contributed by atoms with E-state index in [1.54, 1.807) is 25.3 Å². The number of benzene rings is 2. The summed E-state index contributed by atoms with van der Waals surface area (Å²) in [6, 6.07) is 8.26. The molecular weight excluding hydrogens is 471 g/mol. The van der Waals surface area contributed by atoms with Gasteiger partial charge in [-0.1, -0.05) is 17.9 Å². The van der Waals surface area contributed by atoms with Crippen molar-refractivity contribution < 1.29 is 22.7 Å². The van der Waals surface area contributed by atoms with Gasteiger partial charge in [-0.15, -0.1) is 0 Å². The van der Waals surface area contributed by atoms with Crippen molar-refractivity contribution in [3.63, 3.8) is 0 Å². The normalized spacial score (nSPS) is 15.4. The Kier molecular flexibility index (Phi) is 7.12. The molecule has 1 amide bonds. The molecule has 7 nitrogen and oxygen atoms in total. The van der Waals surface area contributed by atoms with Gasteiger partial charge in [0.1, 0.15) is 6.23 Å². The number of hydrogen-bond acceptors (Lipinski definition) is 6. The standard InChI is InChI=1S/C26H24F3N5O2/c1-16-5-7-19(12-18(16)8-6-17-14-31-25(30)32-15-17)24(35)33-21-13-20(26(27,28)29)9-10-22(21)34-11-3-4-23(34)36-2/h5,7,9-10,12-15,23H,3-4,11H2,1-2H3,(H,33,35)(H2,30,31,32). The monoisotopic (exact) mass is 495 g/mol. The molecule has 1 unspecified atom stereocenters. The number of nitrogens with two attached hydrogens (primary N) is 1. The Morgan fingerprint density at radius 3 is 2.61 bits per heavy atom. The first-order valence-corrected chi connectivity index (χ1v) is 11.2. The van der Waals surface area contributed by atoms with Gasteiger partial charge in [-0.25, -0.2) is 9.97 Å². The van der Waals surface area contributed by atoms with Crippen molar-refractivity contribution in [2.45, 2.75) is 32.2 Å². The van der Waals surface area contributed by atoms with Crippen LogP contribution >= 0.6 is 0 Å². The molecule has 2 heterocycles. The predicted octanol–water partition coefficient (Wildman–Crippen LogP) is 4.61. The molecule has 0 spiro atoms. The number of rotatable bonds is 4. The first kappa shape index (κ1) is 25.0. The summed E-state index contributed by atoms with van der Waals surface area (Å²) in [5.74, 6) is 5.48. The van der Waals surface area contributed by atoms with Crippen LogP contribution in [-0.4, -0.2) is 35.8 Å². The van der Waals surface area contributed by atoms with Crippen molar-refractivity contribution in [3.05, 3.63) is 76.6 Å². The Morgan fingerprint density at radius 1 is 1.17 bits per heavy atom. The topological polar surface area (TPSA) is 93.4 Å². The molecular formula is C26H24F3N5O2. The number of ether oxygens (including phenoxy) is 1. The molecule has 0 bridgehead atoms. The number of methoxy groups -OCH3 is 1. The van der Waals surface area contributed by atoms with Crippen molar-refractivity contribution in [3.8, 4) is 11.8 Å². The Morgan fingerprint density at radius 2 is 1.92 bits per heavy atom. The fourth-order valence-electron chi connectivity index (χ4n) is 3.95. The van der Waals surface area contributed by atoms with Crippen molar-refractivity contribution >= 4 is 23.2 Å². The van der Waals surface area contributed by atoms with Crippen LogP contribution in [0.15, 0.2) is 48.8 Å². The minimum atomic E-state index is -4.55. The van der Waals surface area contributed by atoms with Crippen LogP contribution in [0.1, 0.15) is 45.5 Å². The van der Waals surface area contributed by atoms with Gasteiger partial charge < -0.3 is 20.7 Å². The largest absolute Gasteiger partial charge is 0.416 e. The summed E-state index contributed by atoms with van der Waals surface area (Å²) in [5, 5.41) is 2.67. The zero-order valence-corrected chi connectivity index (χ0v) is 19.7. The molecule has 4 rings (SSSR count). The highest BCUT2D eigenvalue weighted by molar-refractivity contribution is 6.06. The third-order valence-electron chi connectivity index (χ3n) is 5.86. The summed E-state index contributed by atoms with van der Waals surface area (Å²) >= 11 is 0. The summed E-state index contributed by atoms with van der Waals surface area (Å²) in [4.78, 5) is 22.8. The lowest BCUT2D eigenvalue weighted by atomic mass is 10.0. The maximum Gasteiger partial charge on any atom is 0.416 e. The van der Waals surface area contributed by atoms with Crippen LogP contribution in [0.25, 0.3) is 0 Å². The third kappa shape index (κ3) is 5.58. The lowest BCUT2D eigenvalue weighted by molar-refractivity contribution is -0.137. The Labute approximate surface area is 206 Å². The van der Waals surface area contributed by atoms with Gasteiger partial charge in [0.2, 0.25) is 5.95 Å². The zero-order chi connectivity index (χ0) is 25.9. The lowest BCUT2D eigenvalue weighted by Gasteiger charge is -2.28. The fraction of sp³-hybridized carbons (Fsp3) is 0.269. The van der Waals surface area contributed by atoms with E-state index < -0.39 is 17.6 Å². The summed E-state index contributed by atoms with van der Waals surface area (Å²) in [7, 11) is 1.55. The van der Waals surface area contributed by atoms with Gasteiger partial charge in [-0.3, -0.25) is 4.79 Å². The Hall–Kier alpha value is -4.10. The molecule has 10 heteroatoms. The molecule has 186 valence electrons. The minimum absolute atomic E-state index is 0.0611. The molecule has 0 saturated carbocycles. The van der Waals surface area contributed by atoms with Crippen LogP contribution in [0.3, 0.4) is 0 Å². The van der Waals surface area contributed by atoms with E-state index in [1.165, 1.54) is 18.5 Å². The van der Waals surface area contributed by atoms with Gasteiger partial charge in [0.15, 0.2) is 0 Å². The third-order valence-corrected chi connectivity index (χ3v) is 5.86. The number of aromatic nitrogens is 2. The van der Waals surface area contributed by atoms with Gasteiger partial charge >= 0.3 is 6.18 Å². The molecule has 3 N–H and O–H groups in total. The number of aryl methyl sites for hydroxylation is 1. The van der Waals surface area contributed by atoms with E-state index in [0.717, 1.165) is 30.5 Å². The molecule has 3 aromatic rings. The van der Waals surface area contributed by atoms with Gasteiger partial charge in [-0.2, -0.15) is 13.2 Å². The Balaban J connectivity index is 1.65. The minimum Gasteiger partial charge on any atom is -0.368 e. The van der Waals surface area contributed by atoms with Crippen molar-refractivity contribution in [1.29, 1.82) is 0 Å². The second-order valence-corrected chi connectivity index (χ2v) is 8.32. The first-order chi connectivity index (χ1) is 17.2. The number of amides is 1. The smallest absolute Gasteiger partial charge is 0.368 e. The SMILES string of the molecule is COC1CCCN1c1ccc(C(F)(F)F)cc1NC(=O)c1ccc(C)c(C#Cc2cnc(N)nc2)c1. The molecule has 0 radical (unpaired) electrons. The summed E-state index contributed by atoms with van der Waals surface area (Å²) in [5.41, 5.74) is 7.38. The summed E-state index contributed by atoms with van der Waals surface area (Å²) in [6.07, 6.45) is -0.293. The molecule has 1 atom stereocenters. The van der Waals surface area contributed by atoms with E-state index in [1.807, 2.05) is 11.8 Å². The fourth-order valence-corrected chi connectivity index (χ4v) is 3.95. The number of hydrogen-bond donors (Lipinski definition) is 2. The molecule has 0 aliphatic carbocycles. The van der Waals surface area contributed by atoms with Crippen LogP contribution < -0.4 is 16.0 Å². The van der Waals surface area contributed by atoms with E-state index in [2.05, 4.69) is 27.1 Å². The quantitative estimate of drug-likeness (QED) is 0.514. The van der Waals surface area contributed by atoms with Crippen LogP contribution in [0.2, 0.25) is 0 Å². The number of halogens is 3. The summed E-state index contributed by atoms with van der Waals surface area (Å²) < 4.78 is 45.8. The number of nitrogens with zero attached hydrogens (tertiary/aromatic N) is 3. The predicted molar refractivity (Wildman–Crippen MR) is 130 cm³/mol. The van der Waals surface area contributed by atoms with Crippen molar-refractivity contribution in [1.82, 2.24) is 9.97 Å². The van der Waals surface area contributed by atoms with E-state index in [4.69, 9.17) is 10.5 Å². The molecule has 1 aliphatic heterocycles. The lowest BCUT2D eigenvalue weighted by Crippen LogP contribution is -2.31. The maximum atomic E-state index is 13.4. The second kappa shape index (κ2) is 10.3. The highest BCUT2D eigenvalue weighted by Crippen LogP contribution is 2.38. The van der Waals surface area contributed by atoms with E-state index in [9.17, 15) is 18.0 Å². The number of carbonyl (C=O) groups excluding carboxylic acids is 1. The number of anilines is 3. The highest BCUT2D eigenvalue weighted by atomic mass is 19.4. The Bertz CT molecular complexity index is 1330. The van der Waals surface area contributed by atoms with E-state index in [0.29, 0.717) is 23.4 Å². The van der Waals surface area contributed by atoms with E-state index >= 15 is 0 Å². The molecule has 1 saturated heterocycles. The van der Waals surface area contributed by atoms with Crippen molar-refractivity contribution in [2.24, 2.45) is 0 Å². The molecule has 36 heavy (non-hydrogen) atoms. The van der Waals surface area contributed by atoms with Gasteiger partial charge in [0.25, 0.3) is 5.91 Å². The van der Waals surface area contributed by atoms with Gasteiger partial charge in [0.05, 0.1) is 22.5 Å². The number of carbonyl (C=O) groups is 1. The first-order valence-electron chi connectivity index (χ1n) is 11.2. The molecule has 1 aromatic heterocycles. The van der Waals surface area contributed by atoms with Crippen LogP contribution in [0, 0.1) is 18.8 Å². The van der Waals surface area contributed by atoms with Crippen molar-refractivity contribution in [2.75, 3.05) is 29.6 Å². The van der Waals surface area contributed by atoms with E-state index in [-0.39, 0.29) is 23.4 Å². The van der Waals surface area contributed by atoms with Gasteiger partial charge in [-0.05, 0) is 55.7 Å². The second-order valence-electron chi connectivity index (χ2n) is 8.32.